The molecule has 0 atom stereocenters. The van der Waals surface area contributed by atoms with E-state index in [9.17, 15) is 18.0 Å². The predicted octanol–water partition coefficient (Wildman–Crippen LogP) is 3.69. The van der Waals surface area contributed by atoms with E-state index in [1.807, 2.05) is 10.3 Å². The van der Waals surface area contributed by atoms with Gasteiger partial charge in [0.1, 0.15) is 18.0 Å². The zero-order chi connectivity index (χ0) is 32.3. The molecule has 2 fully saturated rings. The molecule has 2 aromatic heterocycles. The Kier molecular flexibility index (Phi) is 10.1. The molecule has 5 heterocycles. The molecule has 1 aromatic carbocycles. The summed E-state index contributed by atoms with van der Waals surface area (Å²) in [6.45, 7) is 8.13. The fraction of sp³-hybridized carbons (Fsp3) is 0.548. The summed E-state index contributed by atoms with van der Waals surface area (Å²) in [5.74, 6) is -1.67. The molecule has 14 heteroatoms. The van der Waals surface area contributed by atoms with E-state index in [0.717, 1.165) is 35.6 Å². The Hall–Kier alpha value is -3.52. The normalized spacial score (nSPS) is 18.4. The first-order valence-corrected chi connectivity index (χ1v) is 16.3. The molecule has 10 nitrogen and oxygen atoms in total. The molecule has 0 radical (unpaired) electrons. The van der Waals surface area contributed by atoms with Gasteiger partial charge in [0.15, 0.2) is 11.9 Å². The molecule has 244 valence electrons. The van der Waals surface area contributed by atoms with E-state index in [-0.39, 0.29) is 18.9 Å². The number of hydrogen-bond acceptors (Lipinski definition) is 8. The summed E-state index contributed by atoms with van der Waals surface area (Å²) >= 11 is 1.63. The van der Waals surface area contributed by atoms with Gasteiger partial charge in [-0.05, 0) is 54.7 Å². The van der Waals surface area contributed by atoms with E-state index in [2.05, 4.69) is 41.0 Å². The number of benzene rings is 1. The molecule has 3 aliphatic heterocycles. The number of allylic oxidation sites excluding steroid dienone is 1. The number of fused-ring (bicyclic) bond motifs is 2. The molecule has 0 saturated carbocycles. The largest absolute Gasteiger partial charge is 0.467 e. The third kappa shape index (κ3) is 7.32. The van der Waals surface area contributed by atoms with E-state index in [0.29, 0.717) is 45.3 Å². The second kappa shape index (κ2) is 13.9. The number of nitrogens with one attached hydrogen (secondary N) is 1. The van der Waals surface area contributed by atoms with Crippen LogP contribution in [0.3, 0.4) is 0 Å². The Balaban J connectivity index is 0.000000436. The summed E-state index contributed by atoms with van der Waals surface area (Å²) in [6.07, 6.45) is 7.62. The monoisotopic (exact) mass is 647 g/mol. The third-order valence-corrected chi connectivity index (χ3v) is 9.24. The summed E-state index contributed by atoms with van der Waals surface area (Å²) in [6, 6.07) is 2.56. The Bertz CT molecular complexity index is 1560. The van der Waals surface area contributed by atoms with E-state index in [4.69, 9.17) is 14.7 Å². The number of amides is 1. The maximum atomic E-state index is 12.4. The molecule has 2 saturated heterocycles. The molecule has 0 unspecified atom stereocenters. The van der Waals surface area contributed by atoms with Gasteiger partial charge in [-0.15, -0.1) is 0 Å². The number of rotatable bonds is 6. The standard InChI is InChI=1S/C26H32FN7O2S.C5H9F2N/c1-17-14-21-20(15-34(30-21)37-4)24(18(17)2)33-9-7-19-22(16-33)28-26(36-3)29-25(19)32-12-10-31(11-13-32)23(35)6-5-8-27;1-8-3-2-5(6,7)4-8/h5-6,14-15H,7-13,16H2,1-4H3;2-4H2,1H3/p+1/b6-5+;. The number of nitrogens with zero attached hydrogens (tertiary/aromatic N) is 7. The SMILES string of the molecule is CN1CCC(F)(F)C1.COc1nc2c(c(N3CCN(C(=O)/C=C/CF)CC3)n1)CCN(c1c(C)c(C)cc3[nH][n+](SC)cc13)C2. The van der Waals surface area contributed by atoms with Crippen LogP contribution in [0.15, 0.2) is 24.4 Å². The van der Waals surface area contributed by atoms with Gasteiger partial charge in [-0.3, -0.25) is 4.79 Å². The highest BCUT2D eigenvalue weighted by molar-refractivity contribution is 7.92. The summed E-state index contributed by atoms with van der Waals surface area (Å²) < 4.78 is 44.2. The topological polar surface area (TPSA) is 84.7 Å². The quantitative estimate of drug-likeness (QED) is 0.321. The molecule has 0 bridgehead atoms. The van der Waals surface area contributed by atoms with Crippen molar-refractivity contribution in [3.63, 3.8) is 0 Å². The van der Waals surface area contributed by atoms with E-state index in [1.54, 1.807) is 35.9 Å². The van der Waals surface area contributed by atoms with Gasteiger partial charge in [0.25, 0.3) is 5.92 Å². The van der Waals surface area contributed by atoms with Crippen molar-refractivity contribution in [3.05, 3.63) is 46.8 Å². The number of halogens is 3. The summed E-state index contributed by atoms with van der Waals surface area (Å²) in [7, 11) is 3.30. The maximum Gasteiger partial charge on any atom is 0.318 e. The fourth-order valence-corrected chi connectivity index (χ4v) is 6.55. The first kappa shape index (κ1) is 32.9. The molecule has 3 aliphatic rings. The van der Waals surface area contributed by atoms with Gasteiger partial charge in [0.2, 0.25) is 12.1 Å². The van der Waals surface area contributed by atoms with Crippen LogP contribution in [0.5, 0.6) is 6.01 Å². The molecular weight excluding hydrogens is 605 g/mol. The lowest BCUT2D eigenvalue weighted by Gasteiger charge is -2.38. The van der Waals surface area contributed by atoms with Crippen molar-refractivity contribution in [1.29, 1.82) is 0 Å². The highest BCUT2D eigenvalue weighted by Gasteiger charge is 2.36. The van der Waals surface area contributed by atoms with E-state index >= 15 is 0 Å². The molecule has 45 heavy (non-hydrogen) atoms. The van der Waals surface area contributed by atoms with Gasteiger partial charge in [0.05, 0.1) is 43.2 Å². The van der Waals surface area contributed by atoms with E-state index in [1.165, 1.54) is 34.4 Å². The number of anilines is 2. The number of aromatic amines is 1. The molecule has 0 aliphatic carbocycles. The zero-order valence-electron chi connectivity index (χ0n) is 26.6. The summed E-state index contributed by atoms with van der Waals surface area (Å²) in [4.78, 5) is 29.8. The smallest absolute Gasteiger partial charge is 0.318 e. The lowest BCUT2D eigenvalue weighted by Crippen LogP contribution is -2.49. The number of likely N-dealkylation sites (tertiary alicyclic amines) is 1. The second-order valence-corrected chi connectivity index (χ2v) is 12.5. The van der Waals surface area contributed by atoms with Gasteiger partial charge in [-0.2, -0.15) is 15.1 Å². The van der Waals surface area contributed by atoms with Crippen LogP contribution in [0.4, 0.5) is 24.7 Å². The number of hydrogen-bond donors (Lipinski definition) is 1. The first-order chi connectivity index (χ1) is 21.5. The predicted molar refractivity (Wildman–Crippen MR) is 171 cm³/mol. The second-order valence-electron chi connectivity index (χ2n) is 11.7. The molecule has 0 spiro atoms. The van der Waals surface area contributed by atoms with Crippen LogP contribution >= 0.6 is 11.9 Å². The van der Waals surface area contributed by atoms with Crippen molar-refractivity contribution in [2.45, 2.75) is 39.2 Å². The average molecular weight is 648 g/mol. The van der Waals surface area contributed by atoms with Gasteiger partial charge in [-0.25, -0.2) is 13.2 Å². The molecule has 1 amide bonds. The molecule has 3 aromatic rings. The van der Waals surface area contributed by atoms with Crippen LogP contribution < -0.4 is 18.6 Å². The minimum atomic E-state index is -2.41. The minimum Gasteiger partial charge on any atom is -0.467 e. The van der Waals surface area contributed by atoms with Crippen LogP contribution in [0.1, 0.15) is 28.8 Å². The number of aryl methyl sites for hydroxylation is 1. The summed E-state index contributed by atoms with van der Waals surface area (Å²) in [5.41, 5.74) is 6.99. The number of piperazine rings is 1. The number of methoxy groups -OCH3 is 1. The van der Waals surface area contributed by atoms with Crippen molar-refractivity contribution in [3.8, 4) is 6.01 Å². The Morgan fingerprint density at radius 1 is 1.16 bits per heavy atom. The lowest BCUT2D eigenvalue weighted by molar-refractivity contribution is -0.556. The van der Waals surface area contributed by atoms with Crippen LogP contribution in [-0.4, -0.2) is 110 Å². The van der Waals surface area contributed by atoms with Crippen molar-refractivity contribution < 1.29 is 26.8 Å². The van der Waals surface area contributed by atoms with Crippen LogP contribution in [0, 0.1) is 13.8 Å². The molecular formula is C31H42F3N8O2S+. The highest BCUT2D eigenvalue weighted by Crippen LogP contribution is 2.37. The van der Waals surface area contributed by atoms with Gasteiger partial charge in [0, 0.05) is 57.3 Å². The number of ether oxygens (including phenoxy) is 1. The number of carbonyl (C=O) groups excluding carboxylic acids is 1. The van der Waals surface area contributed by atoms with Crippen molar-refractivity contribution >= 4 is 40.3 Å². The molecule has 6 rings (SSSR count). The van der Waals surface area contributed by atoms with Crippen molar-refractivity contribution in [1.82, 2.24) is 24.9 Å². The van der Waals surface area contributed by atoms with Gasteiger partial charge >= 0.3 is 6.01 Å². The Morgan fingerprint density at radius 3 is 2.51 bits per heavy atom. The van der Waals surface area contributed by atoms with Gasteiger partial charge < -0.3 is 24.3 Å². The van der Waals surface area contributed by atoms with Crippen molar-refractivity contribution in [2.24, 2.45) is 0 Å². The lowest BCUT2D eigenvalue weighted by atomic mass is 9.99. The summed E-state index contributed by atoms with van der Waals surface area (Å²) in [5, 5.41) is 4.65. The average Bonchev–Trinajstić information content (AvgIpc) is 3.60. The Labute approximate surface area is 266 Å². The van der Waals surface area contributed by atoms with Gasteiger partial charge in [-0.1, -0.05) is 0 Å². The number of H-pyrrole nitrogens is 1. The fourth-order valence-electron chi connectivity index (χ4n) is 6.15. The van der Waals surface area contributed by atoms with Crippen LogP contribution in [0.2, 0.25) is 0 Å². The zero-order valence-corrected chi connectivity index (χ0v) is 27.4. The van der Waals surface area contributed by atoms with Crippen LogP contribution in [0.25, 0.3) is 10.9 Å². The maximum absolute atomic E-state index is 12.4. The minimum absolute atomic E-state index is 0.0312. The van der Waals surface area contributed by atoms with Crippen molar-refractivity contribution in [2.75, 3.05) is 82.7 Å². The first-order valence-electron chi connectivity index (χ1n) is 15.1. The number of aromatic nitrogens is 4. The number of carbonyl (C=O) groups is 1. The van der Waals surface area contributed by atoms with Crippen LogP contribution in [-0.2, 0) is 17.8 Å². The molecule has 1 N–H and O–H groups in total. The highest BCUT2D eigenvalue weighted by atomic mass is 32.2. The Morgan fingerprint density at radius 2 is 1.91 bits per heavy atom. The number of alkyl halides is 3. The third-order valence-electron chi connectivity index (χ3n) is 8.65. The van der Waals surface area contributed by atoms with E-state index < -0.39 is 12.6 Å².